The van der Waals surface area contributed by atoms with Gasteiger partial charge in [-0.15, -0.1) is 0 Å². The maximum Gasteiger partial charge on any atom is 0.326 e. The Bertz CT molecular complexity index is 561. The van der Waals surface area contributed by atoms with Gasteiger partial charge in [-0.2, -0.15) is 0 Å². The van der Waals surface area contributed by atoms with Crippen molar-refractivity contribution in [2.24, 2.45) is 0 Å². The lowest BCUT2D eigenvalue weighted by Crippen LogP contribution is -2.41. The van der Waals surface area contributed by atoms with Gasteiger partial charge in [0.05, 0.1) is 5.56 Å². The first-order valence-electron chi connectivity index (χ1n) is 6.01. The van der Waals surface area contributed by atoms with Crippen molar-refractivity contribution in [2.75, 3.05) is 0 Å². The molecule has 0 saturated carbocycles. The highest BCUT2D eigenvalue weighted by Gasteiger charge is 2.22. The Morgan fingerprint density at radius 3 is 2.38 bits per heavy atom. The highest BCUT2D eigenvalue weighted by atomic mass is 19.1. The molecule has 1 amide bonds. The zero-order chi connectivity index (χ0) is 16.0. The second-order valence-corrected chi connectivity index (χ2v) is 4.27. The van der Waals surface area contributed by atoms with Crippen LogP contribution in [0.15, 0.2) is 18.2 Å². The summed E-state index contributed by atoms with van der Waals surface area (Å²) in [7, 11) is 0. The number of halogens is 2. The van der Waals surface area contributed by atoms with E-state index < -0.39 is 41.1 Å². The molecule has 21 heavy (non-hydrogen) atoms. The maximum atomic E-state index is 13.4. The van der Waals surface area contributed by atoms with E-state index in [1.807, 2.05) is 0 Å². The number of hydrogen-bond acceptors (Lipinski definition) is 3. The van der Waals surface area contributed by atoms with Crippen LogP contribution in [-0.2, 0) is 9.59 Å². The standard InChI is InChI=1S/C13H13F2NO5/c14-7-4-5-8(9(15)6-7)12(19)16-10(13(20)21)2-1-3-11(17)18/h4-6,10H,1-3H2,(H,16,19)(H,17,18)(H,20,21). The fourth-order valence-electron chi connectivity index (χ4n) is 1.62. The van der Waals surface area contributed by atoms with Gasteiger partial charge in [0.25, 0.3) is 5.91 Å². The van der Waals surface area contributed by atoms with Crippen molar-refractivity contribution in [3.05, 3.63) is 35.4 Å². The van der Waals surface area contributed by atoms with Crippen LogP contribution in [0.1, 0.15) is 29.6 Å². The van der Waals surface area contributed by atoms with Crippen LogP contribution in [0, 0.1) is 11.6 Å². The lowest BCUT2D eigenvalue weighted by molar-refractivity contribution is -0.140. The second-order valence-electron chi connectivity index (χ2n) is 4.27. The van der Waals surface area contributed by atoms with Gasteiger partial charge in [0.15, 0.2) is 0 Å². The van der Waals surface area contributed by atoms with Gasteiger partial charge in [-0.1, -0.05) is 0 Å². The van der Waals surface area contributed by atoms with Crippen LogP contribution in [0.5, 0.6) is 0 Å². The number of hydrogen-bond donors (Lipinski definition) is 3. The van der Waals surface area contributed by atoms with E-state index in [-0.39, 0.29) is 19.3 Å². The van der Waals surface area contributed by atoms with Crippen molar-refractivity contribution in [3.63, 3.8) is 0 Å². The van der Waals surface area contributed by atoms with Crippen LogP contribution in [0.3, 0.4) is 0 Å². The average Bonchev–Trinajstić information content (AvgIpc) is 2.36. The molecule has 0 aromatic heterocycles. The Hall–Kier alpha value is -2.51. The van der Waals surface area contributed by atoms with E-state index in [0.29, 0.717) is 6.07 Å². The number of carboxylic acids is 2. The van der Waals surface area contributed by atoms with E-state index in [2.05, 4.69) is 5.32 Å². The number of aliphatic carboxylic acids is 2. The molecule has 0 radical (unpaired) electrons. The molecule has 1 aromatic rings. The lowest BCUT2D eigenvalue weighted by Gasteiger charge is -2.14. The van der Waals surface area contributed by atoms with E-state index in [4.69, 9.17) is 10.2 Å². The summed E-state index contributed by atoms with van der Waals surface area (Å²) in [4.78, 5) is 33.1. The Morgan fingerprint density at radius 1 is 1.19 bits per heavy atom. The summed E-state index contributed by atoms with van der Waals surface area (Å²) in [5, 5.41) is 19.5. The molecule has 1 rings (SSSR count). The third-order valence-electron chi connectivity index (χ3n) is 2.66. The molecular weight excluding hydrogens is 288 g/mol. The number of carboxylic acid groups (broad SMARTS) is 2. The minimum absolute atomic E-state index is 0.0402. The van der Waals surface area contributed by atoms with E-state index in [1.54, 1.807) is 0 Å². The van der Waals surface area contributed by atoms with Gasteiger partial charge in [-0.3, -0.25) is 9.59 Å². The molecule has 8 heteroatoms. The number of nitrogens with one attached hydrogen (secondary N) is 1. The number of benzene rings is 1. The first-order valence-corrected chi connectivity index (χ1v) is 6.01. The van der Waals surface area contributed by atoms with Gasteiger partial charge in [0.1, 0.15) is 17.7 Å². The van der Waals surface area contributed by atoms with Crippen molar-refractivity contribution >= 4 is 17.8 Å². The summed E-state index contributed by atoms with van der Waals surface area (Å²) in [6.45, 7) is 0. The van der Waals surface area contributed by atoms with Crippen LogP contribution in [0.4, 0.5) is 8.78 Å². The predicted molar refractivity (Wildman–Crippen MR) is 66.7 cm³/mol. The van der Waals surface area contributed by atoms with Crippen LogP contribution in [0.25, 0.3) is 0 Å². The Morgan fingerprint density at radius 2 is 1.86 bits per heavy atom. The van der Waals surface area contributed by atoms with E-state index in [1.165, 1.54) is 0 Å². The molecule has 6 nitrogen and oxygen atoms in total. The van der Waals surface area contributed by atoms with Crippen LogP contribution < -0.4 is 5.32 Å². The zero-order valence-corrected chi connectivity index (χ0v) is 10.8. The molecule has 0 fully saturated rings. The maximum absolute atomic E-state index is 13.4. The molecule has 0 aliphatic carbocycles. The third-order valence-corrected chi connectivity index (χ3v) is 2.66. The van der Waals surface area contributed by atoms with Crippen LogP contribution in [-0.4, -0.2) is 34.1 Å². The predicted octanol–water partition coefficient (Wildman–Crippen LogP) is 1.40. The van der Waals surface area contributed by atoms with E-state index in [0.717, 1.165) is 12.1 Å². The third kappa shape index (κ3) is 5.17. The Kier molecular flexibility index (Phi) is 5.77. The van der Waals surface area contributed by atoms with Crippen molar-refractivity contribution < 1.29 is 33.4 Å². The highest BCUT2D eigenvalue weighted by molar-refractivity contribution is 5.96. The lowest BCUT2D eigenvalue weighted by atomic mass is 10.1. The minimum atomic E-state index is -1.36. The van der Waals surface area contributed by atoms with Crippen molar-refractivity contribution in [1.82, 2.24) is 5.32 Å². The molecular formula is C13H13F2NO5. The molecule has 0 spiro atoms. The quantitative estimate of drug-likeness (QED) is 0.706. The van der Waals surface area contributed by atoms with Crippen LogP contribution >= 0.6 is 0 Å². The van der Waals surface area contributed by atoms with Crippen LogP contribution in [0.2, 0.25) is 0 Å². The van der Waals surface area contributed by atoms with Crippen molar-refractivity contribution in [3.8, 4) is 0 Å². The molecule has 0 heterocycles. The molecule has 0 aliphatic rings. The van der Waals surface area contributed by atoms with E-state index >= 15 is 0 Å². The molecule has 1 aromatic carbocycles. The molecule has 3 N–H and O–H groups in total. The zero-order valence-electron chi connectivity index (χ0n) is 10.8. The topological polar surface area (TPSA) is 104 Å². The molecule has 1 atom stereocenters. The Balaban J connectivity index is 2.72. The van der Waals surface area contributed by atoms with Gasteiger partial charge in [-0.05, 0) is 25.0 Å². The molecule has 1 unspecified atom stereocenters. The second kappa shape index (κ2) is 7.32. The number of rotatable bonds is 7. The van der Waals surface area contributed by atoms with E-state index in [9.17, 15) is 23.2 Å². The highest BCUT2D eigenvalue weighted by Crippen LogP contribution is 2.10. The Labute approximate surface area is 118 Å². The average molecular weight is 301 g/mol. The molecule has 0 saturated heterocycles. The number of carbonyl (C=O) groups is 3. The molecule has 0 aliphatic heterocycles. The minimum Gasteiger partial charge on any atom is -0.481 e. The fraction of sp³-hybridized carbons (Fsp3) is 0.308. The van der Waals surface area contributed by atoms with Gasteiger partial charge in [-0.25, -0.2) is 13.6 Å². The smallest absolute Gasteiger partial charge is 0.326 e. The summed E-state index contributed by atoms with van der Waals surface area (Å²) in [5.74, 6) is -5.43. The first-order chi connectivity index (χ1) is 9.81. The fourth-order valence-corrected chi connectivity index (χ4v) is 1.62. The largest absolute Gasteiger partial charge is 0.481 e. The summed E-state index contributed by atoms with van der Waals surface area (Å²) in [5.41, 5.74) is -0.485. The summed E-state index contributed by atoms with van der Waals surface area (Å²) < 4.78 is 26.1. The van der Waals surface area contributed by atoms with Gasteiger partial charge >= 0.3 is 11.9 Å². The summed E-state index contributed by atoms with van der Waals surface area (Å²) in [6.07, 6.45) is -0.320. The summed E-state index contributed by atoms with van der Waals surface area (Å²) in [6, 6.07) is 0.935. The van der Waals surface area contributed by atoms with Gasteiger partial charge in [0.2, 0.25) is 0 Å². The molecule has 114 valence electrons. The number of amides is 1. The van der Waals surface area contributed by atoms with Gasteiger partial charge in [0, 0.05) is 12.5 Å². The normalized spacial score (nSPS) is 11.7. The van der Waals surface area contributed by atoms with Gasteiger partial charge < -0.3 is 15.5 Å². The first kappa shape index (κ1) is 16.5. The van der Waals surface area contributed by atoms with Crippen molar-refractivity contribution in [2.45, 2.75) is 25.3 Å². The monoisotopic (exact) mass is 301 g/mol. The SMILES string of the molecule is O=C(O)CCCC(NC(=O)c1ccc(F)cc1F)C(=O)O. The molecule has 0 bridgehead atoms. The number of carbonyl (C=O) groups excluding carboxylic acids is 1. The summed E-state index contributed by atoms with van der Waals surface area (Å²) >= 11 is 0. The van der Waals surface area contributed by atoms with Crippen molar-refractivity contribution in [1.29, 1.82) is 0 Å².